The summed E-state index contributed by atoms with van der Waals surface area (Å²) in [4.78, 5) is 28.4. The van der Waals surface area contributed by atoms with Crippen LogP contribution in [0, 0.1) is 0 Å². The van der Waals surface area contributed by atoms with Gasteiger partial charge in [0.25, 0.3) is 0 Å². The van der Waals surface area contributed by atoms with Gasteiger partial charge in [-0.25, -0.2) is 0 Å². The molecule has 4 heteroatoms. The van der Waals surface area contributed by atoms with E-state index in [-0.39, 0.29) is 11.3 Å². The maximum atomic E-state index is 12.5. The van der Waals surface area contributed by atoms with E-state index in [1.54, 1.807) is 30.5 Å². The van der Waals surface area contributed by atoms with Crippen molar-refractivity contribution in [3.8, 4) is 0 Å². The van der Waals surface area contributed by atoms with E-state index in [0.717, 1.165) is 0 Å². The number of rotatable bonds is 4. The summed E-state index contributed by atoms with van der Waals surface area (Å²) in [5.41, 5.74) is 1.36. The summed E-state index contributed by atoms with van der Waals surface area (Å²) < 4.78 is 0. The van der Waals surface area contributed by atoms with Crippen LogP contribution in [-0.2, 0) is 0 Å². The number of pyridine rings is 1. The number of carbonyl (C=O) groups is 1. The second kappa shape index (κ2) is 6.02. The lowest BCUT2D eigenvalue weighted by Crippen LogP contribution is -2.12. The van der Waals surface area contributed by atoms with E-state index in [1.165, 1.54) is 6.07 Å². The van der Waals surface area contributed by atoms with Gasteiger partial charge in [0.15, 0.2) is 5.78 Å². The van der Waals surface area contributed by atoms with Crippen LogP contribution >= 0.6 is 0 Å². The van der Waals surface area contributed by atoms with Crippen LogP contribution in [-0.4, -0.2) is 29.8 Å². The lowest BCUT2D eigenvalue weighted by Gasteiger charge is -2.07. The highest BCUT2D eigenvalue weighted by Crippen LogP contribution is 2.13. The number of hydrogen-bond acceptors (Lipinski definition) is 3. The first-order chi connectivity index (χ1) is 9.58. The maximum Gasteiger partial charge on any atom is 0.248 e. The van der Waals surface area contributed by atoms with Crippen molar-refractivity contribution in [2.45, 2.75) is 0 Å². The molecule has 1 aromatic carbocycles. The second-order valence-electron chi connectivity index (χ2n) is 4.62. The molecule has 0 bridgehead atoms. The fraction of sp³-hybridized carbons (Fsp3) is 0.125. The van der Waals surface area contributed by atoms with Gasteiger partial charge in [-0.2, -0.15) is 0 Å². The van der Waals surface area contributed by atoms with E-state index in [2.05, 4.69) is 4.98 Å². The summed E-state index contributed by atoms with van der Waals surface area (Å²) >= 11 is 0. The van der Waals surface area contributed by atoms with Gasteiger partial charge in [-0.1, -0.05) is 30.3 Å². The molecule has 0 aliphatic rings. The Morgan fingerprint density at radius 3 is 2.45 bits per heavy atom. The van der Waals surface area contributed by atoms with Crippen molar-refractivity contribution in [1.29, 1.82) is 0 Å². The number of aromatic amines is 1. The number of aromatic nitrogens is 1. The van der Waals surface area contributed by atoms with Gasteiger partial charge in [0.05, 0.1) is 5.69 Å². The highest BCUT2D eigenvalue weighted by Gasteiger charge is 2.12. The van der Waals surface area contributed by atoms with Gasteiger partial charge in [-0.05, 0) is 12.1 Å². The van der Waals surface area contributed by atoms with Crippen LogP contribution in [0.1, 0.15) is 21.6 Å². The average Bonchev–Trinajstić information content (AvgIpc) is 2.45. The molecular weight excluding hydrogens is 252 g/mol. The van der Waals surface area contributed by atoms with Crippen LogP contribution < -0.4 is 5.56 Å². The average molecular weight is 268 g/mol. The fourth-order valence-corrected chi connectivity index (χ4v) is 1.79. The normalized spacial score (nSPS) is 10.7. The van der Waals surface area contributed by atoms with Gasteiger partial charge in [0, 0.05) is 37.5 Å². The predicted octanol–water partition coefficient (Wildman–Crippen LogP) is 2.14. The minimum absolute atomic E-state index is 0.111. The van der Waals surface area contributed by atoms with Crippen molar-refractivity contribution in [3.05, 3.63) is 75.8 Å². The Balaban J connectivity index is 2.46. The Morgan fingerprint density at radius 1 is 1.10 bits per heavy atom. The Bertz CT molecular complexity index is 685. The number of ketones is 1. The highest BCUT2D eigenvalue weighted by atomic mass is 16.1. The summed E-state index contributed by atoms with van der Waals surface area (Å²) in [6, 6.07) is 11.9. The van der Waals surface area contributed by atoms with E-state index < -0.39 is 0 Å². The van der Waals surface area contributed by atoms with Crippen molar-refractivity contribution < 1.29 is 4.79 Å². The number of carbonyl (C=O) groups excluding carboxylic acids is 1. The zero-order valence-corrected chi connectivity index (χ0v) is 11.5. The summed E-state index contributed by atoms with van der Waals surface area (Å²) in [7, 11) is 3.74. The molecule has 0 fully saturated rings. The van der Waals surface area contributed by atoms with Crippen LogP contribution in [0.25, 0.3) is 6.08 Å². The molecule has 0 unspecified atom stereocenters. The molecule has 102 valence electrons. The smallest absolute Gasteiger partial charge is 0.248 e. The van der Waals surface area contributed by atoms with Crippen molar-refractivity contribution in [3.63, 3.8) is 0 Å². The quantitative estimate of drug-likeness (QED) is 0.864. The zero-order chi connectivity index (χ0) is 14.5. The van der Waals surface area contributed by atoms with Gasteiger partial charge >= 0.3 is 0 Å². The van der Waals surface area contributed by atoms with Crippen LogP contribution in [0.3, 0.4) is 0 Å². The van der Waals surface area contributed by atoms with E-state index >= 15 is 0 Å². The Kier molecular flexibility index (Phi) is 4.15. The lowest BCUT2D eigenvalue weighted by atomic mass is 10.0. The molecule has 2 aromatic rings. The van der Waals surface area contributed by atoms with Crippen LogP contribution in [0.4, 0.5) is 0 Å². The van der Waals surface area contributed by atoms with Gasteiger partial charge in [-0.15, -0.1) is 0 Å². The van der Waals surface area contributed by atoms with Crippen LogP contribution in [0.2, 0.25) is 0 Å². The molecule has 4 nitrogen and oxygen atoms in total. The first-order valence-corrected chi connectivity index (χ1v) is 6.25. The molecule has 0 atom stereocenters. The molecule has 0 amide bonds. The van der Waals surface area contributed by atoms with Crippen LogP contribution in [0.5, 0.6) is 0 Å². The molecule has 0 radical (unpaired) electrons. The first kappa shape index (κ1) is 13.8. The van der Waals surface area contributed by atoms with E-state index in [9.17, 15) is 9.59 Å². The molecule has 0 aliphatic carbocycles. The third-order valence-electron chi connectivity index (χ3n) is 2.77. The summed E-state index contributed by atoms with van der Waals surface area (Å²) in [5.74, 6) is -0.111. The summed E-state index contributed by atoms with van der Waals surface area (Å²) in [6.07, 6.45) is 3.50. The van der Waals surface area contributed by atoms with E-state index in [4.69, 9.17) is 0 Å². The van der Waals surface area contributed by atoms with Crippen LogP contribution in [0.15, 0.2) is 53.5 Å². The van der Waals surface area contributed by atoms with Crippen molar-refractivity contribution >= 4 is 11.9 Å². The topological polar surface area (TPSA) is 53.2 Å². The number of hydrogen-bond donors (Lipinski definition) is 1. The molecule has 20 heavy (non-hydrogen) atoms. The highest BCUT2D eigenvalue weighted by molar-refractivity contribution is 6.10. The van der Waals surface area contributed by atoms with Crippen molar-refractivity contribution in [2.75, 3.05) is 14.1 Å². The third kappa shape index (κ3) is 3.23. The third-order valence-corrected chi connectivity index (χ3v) is 2.77. The van der Waals surface area contributed by atoms with E-state index in [1.807, 2.05) is 37.2 Å². The molecule has 1 aromatic heterocycles. The standard InChI is InChI=1S/C16H16N2O2/c1-18(2)11-10-14-13(8-9-15(19)17-14)16(20)12-6-4-3-5-7-12/h3-11H,1-2H3,(H,17,19)/b11-10+. The molecule has 1 heterocycles. The molecule has 0 aliphatic heterocycles. The van der Waals surface area contributed by atoms with Gasteiger partial charge < -0.3 is 9.88 Å². The maximum absolute atomic E-state index is 12.5. The van der Waals surface area contributed by atoms with Crippen molar-refractivity contribution in [2.24, 2.45) is 0 Å². The van der Waals surface area contributed by atoms with Gasteiger partial charge in [0.1, 0.15) is 0 Å². The Labute approximate surface area is 117 Å². The number of nitrogens with one attached hydrogen (secondary N) is 1. The molecular formula is C16H16N2O2. The molecule has 0 saturated carbocycles. The SMILES string of the molecule is CN(C)/C=C/c1[nH]c(=O)ccc1C(=O)c1ccccc1. The molecule has 1 N–H and O–H groups in total. The summed E-state index contributed by atoms with van der Waals surface area (Å²) in [6.45, 7) is 0. The Morgan fingerprint density at radius 2 is 1.80 bits per heavy atom. The van der Waals surface area contributed by atoms with Gasteiger partial charge in [0.2, 0.25) is 5.56 Å². The monoisotopic (exact) mass is 268 g/mol. The minimum atomic E-state index is -0.229. The molecule has 2 rings (SSSR count). The minimum Gasteiger partial charge on any atom is -0.383 e. The molecule has 0 spiro atoms. The lowest BCUT2D eigenvalue weighted by molar-refractivity contribution is 0.103. The Hall–Kier alpha value is -2.62. The first-order valence-electron chi connectivity index (χ1n) is 6.25. The number of benzene rings is 1. The van der Waals surface area contributed by atoms with E-state index in [0.29, 0.717) is 16.8 Å². The zero-order valence-electron chi connectivity index (χ0n) is 11.5. The molecule has 0 saturated heterocycles. The largest absolute Gasteiger partial charge is 0.383 e. The predicted molar refractivity (Wildman–Crippen MR) is 79.7 cm³/mol. The number of H-pyrrole nitrogens is 1. The second-order valence-corrected chi connectivity index (χ2v) is 4.62. The fourth-order valence-electron chi connectivity index (χ4n) is 1.79. The van der Waals surface area contributed by atoms with Crippen molar-refractivity contribution in [1.82, 2.24) is 9.88 Å². The summed E-state index contributed by atoms with van der Waals surface area (Å²) in [5, 5.41) is 0. The van der Waals surface area contributed by atoms with Gasteiger partial charge in [-0.3, -0.25) is 9.59 Å². The number of nitrogens with zero attached hydrogens (tertiary/aromatic N) is 1.